The molecule has 2 aliphatic rings. The van der Waals surface area contributed by atoms with E-state index in [4.69, 9.17) is 11.6 Å². The Bertz CT molecular complexity index is 675. The van der Waals surface area contributed by atoms with Crippen LogP contribution in [0.3, 0.4) is 0 Å². The summed E-state index contributed by atoms with van der Waals surface area (Å²) >= 11 is 5.98. The Labute approximate surface area is 148 Å². The Balaban J connectivity index is 1.77. The lowest BCUT2D eigenvalue weighted by atomic mass is 10.1. The highest BCUT2D eigenvalue weighted by Gasteiger charge is 2.34. The SMILES string of the molecule is O=S(=O)(c1ccc(F)cc1Cl)N1CCCC(N2CCCCCC2)C1. The molecule has 0 aromatic heterocycles. The van der Waals surface area contributed by atoms with Gasteiger partial charge in [-0.3, -0.25) is 4.90 Å². The maximum atomic E-state index is 13.2. The van der Waals surface area contributed by atoms with Crippen molar-refractivity contribution in [3.8, 4) is 0 Å². The molecule has 0 saturated carbocycles. The number of sulfonamides is 1. The Kier molecular flexibility index (Phi) is 5.80. The first-order valence-electron chi connectivity index (χ1n) is 8.68. The lowest BCUT2D eigenvalue weighted by Crippen LogP contribution is -2.50. The number of nitrogens with zero attached hydrogens (tertiary/aromatic N) is 2. The van der Waals surface area contributed by atoms with Gasteiger partial charge in [0.1, 0.15) is 10.7 Å². The number of halogens is 2. The van der Waals surface area contributed by atoms with Crippen molar-refractivity contribution in [2.45, 2.75) is 49.5 Å². The third kappa shape index (κ3) is 3.93. The molecular formula is C17H24ClFN2O2S. The molecule has 1 unspecified atom stereocenters. The fourth-order valence-electron chi connectivity index (χ4n) is 3.72. The molecule has 1 atom stereocenters. The first kappa shape index (κ1) is 18.1. The van der Waals surface area contributed by atoms with E-state index in [-0.39, 0.29) is 16.0 Å². The average Bonchev–Trinajstić information content (AvgIpc) is 2.84. The minimum atomic E-state index is -3.68. The first-order valence-corrected chi connectivity index (χ1v) is 10.5. The van der Waals surface area contributed by atoms with Crippen LogP contribution in [-0.2, 0) is 10.0 Å². The summed E-state index contributed by atoms with van der Waals surface area (Å²) in [6.07, 6.45) is 6.77. The molecule has 1 aromatic carbocycles. The summed E-state index contributed by atoms with van der Waals surface area (Å²) in [4.78, 5) is 2.45. The van der Waals surface area contributed by atoms with Gasteiger partial charge >= 0.3 is 0 Å². The van der Waals surface area contributed by atoms with Crippen molar-refractivity contribution in [2.75, 3.05) is 26.2 Å². The third-order valence-electron chi connectivity index (χ3n) is 5.03. The molecular weight excluding hydrogens is 351 g/mol. The molecule has 0 N–H and O–H groups in total. The van der Waals surface area contributed by atoms with E-state index in [9.17, 15) is 12.8 Å². The monoisotopic (exact) mass is 374 g/mol. The second kappa shape index (κ2) is 7.68. The van der Waals surface area contributed by atoms with Crippen LogP contribution in [-0.4, -0.2) is 49.8 Å². The van der Waals surface area contributed by atoms with Gasteiger partial charge < -0.3 is 0 Å². The third-order valence-corrected chi connectivity index (χ3v) is 7.38. The zero-order valence-electron chi connectivity index (χ0n) is 13.8. The van der Waals surface area contributed by atoms with E-state index in [1.54, 1.807) is 0 Å². The standard InChI is InChI=1S/C17H24ClFN2O2S/c18-16-12-14(19)7-8-17(16)24(22,23)21-11-5-6-15(13-21)20-9-3-1-2-4-10-20/h7-8,12,15H,1-6,9-11,13H2. The normalized spacial score (nSPS) is 24.7. The second-order valence-corrected chi connectivity index (χ2v) is 9.00. The van der Waals surface area contributed by atoms with Crippen LogP contribution in [0.2, 0.25) is 5.02 Å². The van der Waals surface area contributed by atoms with Crippen molar-refractivity contribution in [3.05, 3.63) is 29.0 Å². The molecule has 0 amide bonds. The van der Waals surface area contributed by atoms with Gasteiger partial charge in [-0.25, -0.2) is 12.8 Å². The Morgan fingerprint density at radius 2 is 1.75 bits per heavy atom. The smallest absolute Gasteiger partial charge is 0.244 e. The molecule has 1 aromatic rings. The molecule has 0 radical (unpaired) electrons. The summed E-state index contributed by atoms with van der Waals surface area (Å²) in [5.41, 5.74) is 0. The maximum absolute atomic E-state index is 13.2. The summed E-state index contributed by atoms with van der Waals surface area (Å²) in [6, 6.07) is 3.74. The summed E-state index contributed by atoms with van der Waals surface area (Å²) in [5.74, 6) is -0.528. The number of hydrogen-bond donors (Lipinski definition) is 0. The van der Waals surface area contributed by atoms with E-state index in [1.165, 1.54) is 36.1 Å². The topological polar surface area (TPSA) is 40.6 Å². The number of likely N-dealkylation sites (tertiary alicyclic amines) is 1. The van der Waals surface area contributed by atoms with E-state index in [0.717, 1.165) is 38.1 Å². The molecule has 0 aliphatic carbocycles. The van der Waals surface area contributed by atoms with Crippen LogP contribution < -0.4 is 0 Å². The van der Waals surface area contributed by atoms with Crippen LogP contribution in [0.25, 0.3) is 0 Å². The van der Waals surface area contributed by atoms with Crippen molar-refractivity contribution in [1.82, 2.24) is 9.21 Å². The van der Waals surface area contributed by atoms with Gasteiger partial charge in [0.2, 0.25) is 10.0 Å². The number of piperidine rings is 1. The molecule has 2 fully saturated rings. The molecule has 2 heterocycles. The highest BCUT2D eigenvalue weighted by atomic mass is 35.5. The van der Waals surface area contributed by atoms with Crippen LogP contribution in [0.5, 0.6) is 0 Å². The fourth-order valence-corrected chi connectivity index (χ4v) is 5.74. The second-order valence-electron chi connectivity index (χ2n) is 6.68. The van der Waals surface area contributed by atoms with Crippen LogP contribution in [0.1, 0.15) is 38.5 Å². The summed E-state index contributed by atoms with van der Waals surface area (Å²) in [7, 11) is -3.68. The zero-order chi connectivity index (χ0) is 17.2. The predicted octanol–water partition coefficient (Wildman–Crippen LogP) is 3.51. The van der Waals surface area contributed by atoms with E-state index in [0.29, 0.717) is 13.1 Å². The van der Waals surface area contributed by atoms with Gasteiger partial charge in [-0.15, -0.1) is 0 Å². The average molecular weight is 375 g/mol. The van der Waals surface area contributed by atoms with Crippen molar-refractivity contribution in [1.29, 1.82) is 0 Å². The molecule has 2 aliphatic heterocycles. The molecule has 3 rings (SSSR count). The predicted molar refractivity (Wildman–Crippen MR) is 93.2 cm³/mol. The van der Waals surface area contributed by atoms with Gasteiger partial charge in [-0.2, -0.15) is 4.31 Å². The quantitative estimate of drug-likeness (QED) is 0.812. The molecule has 134 valence electrons. The number of benzene rings is 1. The number of hydrogen-bond acceptors (Lipinski definition) is 3. The molecule has 2 saturated heterocycles. The fraction of sp³-hybridized carbons (Fsp3) is 0.647. The van der Waals surface area contributed by atoms with Crippen LogP contribution in [0.15, 0.2) is 23.1 Å². The van der Waals surface area contributed by atoms with Gasteiger partial charge in [0, 0.05) is 19.1 Å². The minimum absolute atomic E-state index is 0.00193. The van der Waals surface area contributed by atoms with Crippen molar-refractivity contribution in [2.24, 2.45) is 0 Å². The van der Waals surface area contributed by atoms with E-state index >= 15 is 0 Å². The Morgan fingerprint density at radius 3 is 2.42 bits per heavy atom. The lowest BCUT2D eigenvalue weighted by molar-refractivity contribution is 0.139. The van der Waals surface area contributed by atoms with Gasteiger partial charge in [0.15, 0.2) is 0 Å². The summed E-state index contributed by atoms with van der Waals surface area (Å²) in [5, 5.41) is -0.0492. The maximum Gasteiger partial charge on any atom is 0.244 e. The first-order chi connectivity index (χ1) is 11.5. The molecule has 7 heteroatoms. The molecule has 24 heavy (non-hydrogen) atoms. The van der Waals surface area contributed by atoms with Crippen LogP contribution >= 0.6 is 11.6 Å². The van der Waals surface area contributed by atoms with Gasteiger partial charge in [0.05, 0.1) is 5.02 Å². The molecule has 0 spiro atoms. The molecule has 0 bridgehead atoms. The zero-order valence-corrected chi connectivity index (χ0v) is 15.3. The van der Waals surface area contributed by atoms with E-state index in [2.05, 4.69) is 4.90 Å². The summed E-state index contributed by atoms with van der Waals surface area (Å²) in [6.45, 7) is 3.10. The molecule has 4 nitrogen and oxygen atoms in total. The van der Waals surface area contributed by atoms with Crippen molar-refractivity contribution in [3.63, 3.8) is 0 Å². The van der Waals surface area contributed by atoms with Crippen LogP contribution in [0, 0.1) is 5.82 Å². The summed E-state index contributed by atoms with van der Waals surface area (Å²) < 4.78 is 40.6. The van der Waals surface area contributed by atoms with Gasteiger partial charge in [-0.1, -0.05) is 24.4 Å². The lowest BCUT2D eigenvalue weighted by Gasteiger charge is -2.38. The Hall–Kier alpha value is -0.690. The highest BCUT2D eigenvalue weighted by molar-refractivity contribution is 7.89. The number of rotatable bonds is 3. The van der Waals surface area contributed by atoms with Crippen molar-refractivity contribution >= 4 is 21.6 Å². The minimum Gasteiger partial charge on any atom is -0.299 e. The van der Waals surface area contributed by atoms with Gasteiger partial charge in [-0.05, 0) is 57.0 Å². The van der Waals surface area contributed by atoms with E-state index < -0.39 is 15.8 Å². The van der Waals surface area contributed by atoms with Crippen molar-refractivity contribution < 1.29 is 12.8 Å². The highest BCUT2D eigenvalue weighted by Crippen LogP contribution is 2.29. The van der Waals surface area contributed by atoms with Gasteiger partial charge in [0.25, 0.3) is 0 Å². The van der Waals surface area contributed by atoms with Crippen LogP contribution in [0.4, 0.5) is 4.39 Å². The van der Waals surface area contributed by atoms with E-state index in [1.807, 2.05) is 0 Å². The largest absolute Gasteiger partial charge is 0.299 e. The Morgan fingerprint density at radius 1 is 1.04 bits per heavy atom.